The molecule has 0 aromatic heterocycles. The maximum Gasteiger partial charge on any atom is 3.00 e. The molecule has 0 aliphatic carbocycles. The van der Waals surface area contributed by atoms with Gasteiger partial charge in [0.15, 0.2) is 0 Å². The fraction of sp³-hybridized carbons (Fsp3) is 0. The first-order valence-corrected chi connectivity index (χ1v) is 0.932. The van der Waals surface area contributed by atoms with Crippen LogP contribution >= 0.6 is 0 Å². The van der Waals surface area contributed by atoms with Crippen LogP contribution in [0.4, 0.5) is 0 Å². The molecule has 0 amide bonds. The SMILES string of the molecule is O.O=NO[O-].OO.OO.[Fe+3].[OH-]. The predicted molar refractivity (Wildman–Crippen MR) is 22.9 cm³/mol. The largest absolute Gasteiger partial charge is 3.00 e. The third-order valence-corrected chi connectivity index (χ3v) is 0.0304. The number of hydrogen-bond donors (Lipinski definition) is 4. The summed E-state index contributed by atoms with van der Waals surface area (Å²) in [6, 6.07) is 0. The van der Waals surface area contributed by atoms with Gasteiger partial charge in [-0.25, -0.2) is 0 Å². The third kappa shape index (κ3) is 1380. The quantitative estimate of drug-likeness (QED) is 0.168. The number of hydrogen-bond acceptors (Lipinski definition) is 9. The monoisotopic (exact) mass is 221 g/mol. The summed E-state index contributed by atoms with van der Waals surface area (Å²) >= 11 is 0. The molecule has 0 aromatic rings. The molecule has 11 heteroatoms. The van der Waals surface area contributed by atoms with Crippen LogP contribution in [0.25, 0.3) is 0 Å². The summed E-state index contributed by atoms with van der Waals surface area (Å²) in [5.74, 6) is 0. The molecule has 0 bridgehead atoms. The molecule has 0 saturated carbocycles. The van der Waals surface area contributed by atoms with E-state index in [0.717, 1.165) is 0 Å². The Hall–Kier alpha value is -0.361. The number of nitrogens with zero attached hydrogens (tertiary/aromatic N) is 1. The molecule has 7 N–H and O–H groups in total. The van der Waals surface area contributed by atoms with Crippen LogP contribution in [0.1, 0.15) is 0 Å². The number of rotatable bonds is 1. The molecule has 0 spiro atoms. The van der Waals surface area contributed by atoms with E-state index in [0.29, 0.717) is 0 Å². The van der Waals surface area contributed by atoms with Crippen molar-refractivity contribution in [2.24, 2.45) is 5.34 Å². The van der Waals surface area contributed by atoms with Gasteiger partial charge in [0.25, 0.3) is 0 Å². The molecule has 0 saturated heterocycles. The van der Waals surface area contributed by atoms with E-state index >= 15 is 0 Å². The Bertz CT molecular complexity index is 23.5. The van der Waals surface area contributed by atoms with Gasteiger partial charge in [-0.15, -0.1) is 4.91 Å². The van der Waals surface area contributed by atoms with Crippen molar-refractivity contribution in [2.45, 2.75) is 0 Å². The summed E-state index contributed by atoms with van der Waals surface area (Å²) < 4.78 is 0. The van der Waals surface area contributed by atoms with Gasteiger partial charge >= 0.3 is 17.1 Å². The van der Waals surface area contributed by atoms with Crippen molar-refractivity contribution in [3.05, 3.63) is 4.91 Å². The van der Waals surface area contributed by atoms with Crippen molar-refractivity contribution in [2.75, 3.05) is 0 Å². The van der Waals surface area contributed by atoms with Gasteiger partial charge in [-0.05, 0) is 0 Å². The Labute approximate surface area is 70.5 Å². The van der Waals surface area contributed by atoms with Gasteiger partial charge in [0.1, 0.15) is 5.34 Å². The second kappa shape index (κ2) is 268. The normalized spacial score (nSPS) is 3.00. The van der Waals surface area contributed by atoms with Crippen LogP contribution in [-0.4, -0.2) is 32.0 Å². The maximum atomic E-state index is 8.39. The van der Waals surface area contributed by atoms with Gasteiger partial charge in [-0.3, -0.25) is 21.0 Å². The molecule has 1 radical (unpaired) electrons. The Kier molecular flexibility index (Phi) is 1120. The molecule has 0 heterocycles. The van der Waals surface area contributed by atoms with E-state index < -0.39 is 0 Å². The van der Waals surface area contributed by atoms with Crippen molar-refractivity contribution >= 4 is 0 Å². The van der Waals surface area contributed by atoms with Gasteiger partial charge in [0, 0.05) is 0 Å². The van der Waals surface area contributed by atoms with E-state index in [1.54, 1.807) is 0 Å². The second-order valence-electron chi connectivity index (χ2n) is 0.149. The molecule has 0 unspecified atom stereocenters. The van der Waals surface area contributed by atoms with Gasteiger partial charge in [0.2, 0.25) is 0 Å². The Balaban J connectivity index is -0.00000000813. The maximum absolute atomic E-state index is 8.39. The average Bonchev–Trinajstić information content (AvgIpc) is 1.96. The van der Waals surface area contributed by atoms with Gasteiger partial charge < -0.3 is 21.2 Å². The molecule has 0 aliphatic heterocycles. The van der Waals surface area contributed by atoms with Crippen molar-refractivity contribution in [1.29, 1.82) is 0 Å². The molecule has 0 aliphatic rings. The summed E-state index contributed by atoms with van der Waals surface area (Å²) in [6.45, 7) is 0. The molecule has 11 heavy (non-hydrogen) atoms. The molecular weight excluding hydrogens is 214 g/mol. The van der Waals surface area contributed by atoms with E-state index in [1.807, 2.05) is 0 Å². The van der Waals surface area contributed by atoms with Gasteiger partial charge in [-0.1, -0.05) is 0 Å². The molecule has 0 fully saturated rings. The first kappa shape index (κ1) is 45.9. The zero-order chi connectivity index (χ0) is 7.41. The van der Waals surface area contributed by atoms with E-state index in [9.17, 15) is 0 Å². The molecule has 0 rings (SSSR count). The van der Waals surface area contributed by atoms with Crippen LogP contribution in [0.5, 0.6) is 0 Å². The Morgan fingerprint density at radius 1 is 1.18 bits per heavy atom. The molecule has 73 valence electrons. The van der Waals surface area contributed by atoms with Crippen LogP contribution < -0.4 is 5.26 Å². The minimum absolute atomic E-state index is 0. The molecule has 10 nitrogen and oxygen atoms in total. The van der Waals surface area contributed by atoms with E-state index in [2.05, 4.69) is 4.99 Å². The zero-order valence-corrected chi connectivity index (χ0v) is 5.87. The second-order valence-corrected chi connectivity index (χ2v) is 0.149. The van der Waals surface area contributed by atoms with Gasteiger partial charge in [-0.2, -0.15) is 0 Å². The Morgan fingerprint density at radius 3 is 1.27 bits per heavy atom. The summed E-state index contributed by atoms with van der Waals surface area (Å²) in [5, 5.41) is 33.8. The first-order valence-electron chi connectivity index (χ1n) is 0.932. The smallest absolute Gasteiger partial charge is 0.870 e. The van der Waals surface area contributed by atoms with E-state index in [1.165, 1.54) is 5.34 Å². The predicted octanol–water partition coefficient (Wildman–Crippen LogP) is -2.01. The topological polar surface area (TPSA) is 204 Å². The van der Waals surface area contributed by atoms with Crippen LogP contribution in [-0.2, 0) is 22.1 Å². The van der Waals surface area contributed by atoms with Crippen LogP contribution in [0.3, 0.4) is 0 Å². The van der Waals surface area contributed by atoms with Gasteiger partial charge in [0.05, 0.1) is 0 Å². The molecular formula is H7FeNO9+. The van der Waals surface area contributed by atoms with Crippen molar-refractivity contribution < 1.29 is 59.3 Å². The summed E-state index contributed by atoms with van der Waals surface area (Å²) in [6.07, 6.45) is 0. The minimum atomic E-state index is 0. The third-order valence-electron chi connectivity index (χ3n) is 0.0304. The summed E-state index contributed by atoms with van der Waals surface area (Å²) in [7, 11) is 0. The van der Waals surface area contributed by atoms with E-state index in [-0.39, 0.29) is 28.0 Å². The molecule has 0 aromatic carbocycles. The zero-order valence-electron chi connectivity index (χ0n) is 4.76. The fourth-order valence-electron chi connectivity index (χ4n) is 0. The van der Waals surface area contributed by atoms with Crippen molar-refractivity contribution in [3.8, 4) is 0 Å². The van der Waals surface area contributed by atoms with Crippen LogP contribution in [0, 0.1) is 4.91 Å². The fourth-order valence-corrected chi connectivity index (χ4v) is 0. The summed E-state index contributed by atoms with van der Waals surface area (Å²) in [4.78, 5) is 10.8. The van der Waals surface area contributed by atoms with Crippen molar-refractivity contribution in [1.82, 2.24) is 0 Å². The first-order chi connectivity index (χ1) is 3.91. The molecule has 0 atom stereocenters. The van der Waals surface area contributed by atoms with Crippen LogP contribution in [0.2, 0.25) is 0 Å². The van der Waals surface area contributed by atoms with Crippen LogP contribution in [0.15, 0.2) is 5.34 Å². The van der Waals surface area contributed by atoms with Crippen molar-refractivity contribution in [3.63, 3.8) is 0 Å². The van der Waals surface area contributed by atoms with E-state index in [4.69, 9.17) is 31.2 Å². The average molecular weight is 221 g/mol. The Morgan fingerprint density at radius 2 is 1.27 bits per heavy atom. The minimum Gasteiger partial charge on any atom is -0.870 e. The standard InChI is InChI=1S/Fe.HNO3.2H2O2.2H2O/c;2-1-4-3;2*1-2;;/h;3H;2*1-2H;2*1H2/q+3;;;;;/p-2. The summed E-state index contributed by atoms with van der Waals surface area (Å²) in [5.41, 5.74) is 0.